The lowest BCUT2D eigenvalue weighted by atomic mass is 10.0. The minimum atomic E-state index is -0.0763. The largest absolute Gasteiger partial charge is 0.358 e. The lowest BCUT2D eigenvalue weighted by Crippen LogP contribution is -2.39. The fourth-order valence-corrected chi connectivity index (χ4v) is 5.98. The predicted molar refractivity (Wildman–Crippen MR) is 113 cm³/mol. The molecule has 1 aliphatic heterocycles. The molecular weight excluding hydrogens is 384 g/mol. The highest BCUT2D eigenvalue weighted by molar-refractivity contribution is 7.18. The molecule has 4 aromatic rings. The van der Waals surface area contributed by atoms with Crippen LogP contribution in [0.1, 0.15) is 28.1 Å². The molecule has 0 saturated carbocycles. The maximum Gasteiger partial charge on any atom is 0.262 e. The van der Waals surface area contributed by atoms with E-state index in [1.807, 2.05) is 17.0 Å². The summed E-state index contributed by atoms with van der Waals surface area (Å²) in [5.41, 5.74) is 4.60. The van der Waals surface area contributed by atoms with E-state index in [0.717, 1.165) is 47.0 Å². The molecule has 6 rings (SSSR count). The highest BCUT2D eigenvalue weighted by atomic mass is 32.1. The first kappa shape index (κ1) is 17.0. The Kier molecular flexibility index (Phi) is 3.68. The van der Waals surface area contributed by atoms with Gasteiger partial charge in [0.05, 0.1) is 11.7 Å². The van der Waals surface area contributed by atoms with E-state index in [9.17, 15) is 9.59 Å². The number of rotatable bonds is 2. The summed E-state index contributed by atoms with van der Waals surface area (Å²) in [7, 11) is 0. The first-order chi connectivity index (χ1) is 14.2. The lowest BCUT2D eigenvalue weighted by Gasteiger charge is -2.27. The number of aromatic amines is 1. The van der Waals surface area contributed by atoms with Crippen molar-refractivity contribution in [2.75, 3.05) is 6.54 Å². The van der Waals surface area contributed by atoms with Crippen molar-refractivity contribution in [3.8, 4) is 0 Å². The molecule has 6 nitrogen and oxygen atoms in total. The Hall–Kier alpha value is -2.93. The normalized spacial score (nSPS) is 15.8. The average Bonchev–Trinajstić information content (AvgIpc) is 3.41. The molecule has 3 aromatic heterocycles. The van der Waals surface area contributed by atoms with Crippen LogP contribution in [0.2, 0.25) is 0 Å². The third-order valence-corrected chi connectivity index (χ3v) is 7.43. The highest BCUT2D eigenvalue weighted by Crippen LogP contribution is 2.34. The molecule has 0 saturated heterocycles. The number of thiophene rings is 1. The highest BCUT2D eigenvalue weighted by Gasteiger charge is 2.25. The Balaban J connectivity index is 1.30. The molecule has 2 aliphatic rings. The molecule has 0 spiro atoms. The zero-order chi connectivity index (χ0) is 19.5. The van der Waals surface area contributed by atoms with Gasteiger partial charge in [-0.25, -0.2) is 4.98 Å². The second kappa shape index (κ2) is 6.29. The van der Waals surface area contributed by atoms with Gasteiger partial charge < -0.3 is 9.88 Å². The van der Waals surface area contributed by atoms with E-state index >= 15 is 0 Å². The molecule has 1 aromatic carbocycles. The van der Waals surface area contributed by atoms with Gasteiger partial charge in [0.25, 0.3) is 5.56 Å². The van der Waals surface area contributed by atoms with Crippen molar-refractivity contribution in [3.63, 3.8) is 0 Å². The van der Waals surface area contributed by atoms with Crippen LogP contribution in [0, 0.1) is 0 Å². The second-order valence-corrected chi connectivity index (χ2v) is 8.99. The minimum absolute atomic E-state index is 0.0314. The van der Waals surface area contributed by atoms with Crippen molar-refractivity contribution in [1.82, 2.24) is 19.4 Å². The van der Waals surface area contributed by atoms with E-state index in [2.05, 4.69) is 22.1 Å². The van der Waals surface area contributed by atoms with Crippen molar-refractivity contribution >= 4 is 38.4 Å². The van der Waals surface area contributed by atoms with Gasteiger partial charge in [-0.2, -0.15) is 0 Å². The SMILES string of the molecule is O=C(Cn1cnc2sc3c(c2c1=O)CCC3)N1CCc2[nH]c3ccccc3c2C1. The van der Waals surface area contributed by atoms with E-state index in [4.69, 9.17) is 0 Å². The zero-order valence-corrected chi connectivity index (χ0v) is 16.7. The van der Waals surface area contributed by atoms with Gasteiger partial charge in [-0.05, 0) is 30.9 Å². The first-order valence-corrected chi connectivity index (χ1v) is 10.9. The summed E-state index contributed by atoms with van der Waals surface area (Å²) in [6.07, 6.45) is 5.43. The zero-order valence-electron chi connectivity index (χ0n) is 15.9. The number of hydrogen-bond acceptors (Lipinski definition) is 4. The van der Waals surface area contributed by atoms with Crippen molar-refractivity contribution in [2.45, 2.75) is 38.8 Å². The molecule has 7 heteroatoms. The van der Waals surface area contributed by atoms with Gasteiger partial charge in [0.2, 0.25) is 5.91 Å². The molecule has 0 unspecified atom stereocenters. The first-order valence-electron chi connectivity index (χ1n) is 10.0. The van der Waals surface area contributed by atoms with Gasteiger partial charge in [-0.1, -0.05) is 18.2 Å². The monoisotopic (exact) mass is 404 g/mol. The van der Waals surface area contributed by atoms with Crippen LogP contribution in [0.5, 0.6) is 0 Å². The third kappa shape index (κ3) is 2.57. The van der Waals surface area contributed by atoms with Crippen molar-refractivity contribution in [2.24, 2.45) is 0 Å². The molecular formula is C22H20N4O2S. The van der Waals surface area contributed by atoms with Crippen LogP contribution in [-0.2, 0) is 37.1 Å². The number of H-pyrrole nitrogens is 1. The van der Waals surface area contributed by atoms with Gasteiger partial charge in [0.1, 0.15) is 11.4 Å². The number of fused-ring (bicyclic) bond motifs is 6. The Labute approximate surface area is 170 Å². The van der Waals surface area contributed by atoms with Crippen LogP contribution in [0.4, 0.5) is 0 Å². The van der Waals surface area contributed by atoms with Crippen molar-refractivity contribution < 1.29 is 4.79 Å². The van der Waals surface area contributed by atoms with E-state index in [1.165, 1.54) is 32.4 Å². The van der Waals surface area contributed by atoms with E-state index < -0.39 is 0 Å². The Bertz CT molecular complexity index is 1350. The minimum Gasteiger partial charge on any atom is -0.358 e. The molecule has 4 heterocycles. The van der Waals surface area contributed by atoms with Crippen LogP contribution in [0.25, 0.3) is 21.1 Å². The molecule has 146 valence electrons. The maximum atomic E-state index is 13.1. The summed E-state index contributed by atoms with van der Waals surface area (Å²) in [6, 6.07) is 8.21. The van der Waals surface area contributed by atoms with Crippen LogP contribution in [0.15, 0.2) is 35.4 Å². The van der Waals surface area contributed by atoms with Crippen LogP contribution < -0.4 is 5.56 Å². The molecule has 0 radical (unpaired) electrons. The second-order valence-electron chi connectivity index (χ2n) is 7.91. The Morgan fingerprint density at radius 3 is 3.00 bits per heavy atom. The number of nitrogens with zero attached hydrogens (tertiary/aromatic N) is 3. The quantitative estimate of drug-likeness (QED) is 0.558. The average molecular weight is 404 g/mol. The molecule has 1 N–H and O–H groups in total. The fraction of sp³-hybridized carbons (Fsp3) is 0.318. The summed E-state index contributed by atoms with van der Waals surface area (Å²) in [5.74, 6) is -0.0314. The van der Waals surface area contributed by atoms with Crippen LogP contribution >= 0.6 is 11.3 Å². The third-order valence-electron chi connectivity index (χ3n) is 6.23. The topological polar surface area (TPSA) is 71.0 Å². The maximum absolute atomic E-state index is 13.1. The Morgan fingerprint density at radius 1 is 1.17 bits per heavy atom. The molecule has 1 amide bonds. The van der Waals surface area contributed by atoms with Gasteiger partial charge in [-0.3, -0.25) is 14.2 Å². The summed E-state index contributed by atoms with van der Waals surface area (Å²) in [5, 5.41) is 1.91. The summed E-state index contributed by atoms with van der Waals surface area (Å²) < 4.78 is 1.49. The van der Waals surface area contributed by atoms with Gasteiger partial charge in [-0.15, -0.1) is 11.3 Å². The molecule has 1 aliphatic carbocycles. The van der Waals surface area contributed by atoms with Crippen molar-refractivity contribution in [1.29, 1.82) is 0 Å². The molecule has 0 fully saturated rings. The smallest absolute Gasteiger partial charge is 0.262 e. The number of hydrogen-bond donors (Lipinski definition) is 1. The number of amides is 1. The predicted octanol–water partition coefficient (Wildman–Crippen LogP) is 3.01. The fourth-order valence-electron chi connectivity index (χ4n) is 4.76. The van der Waals surface area contributed by atoms with Gasteiger partial charge in [0, 0.05) is 46.5 Å². The van der Waals surface area contributed by atoms with Gasteiger partial charge in [0.15, 0.2) is 0 Å². The van der Waals surface area contributed by atoms with E-state index in [-0.39, 0.29) is 18.0 Å². The molecule has 0 atom stereocenters. The number of aromatic nitrogens is 3. The standard InChI is InChI=1S/C22H20N4O2S/c27-19(25-9-8-17-15(10-25)13-4-1-2-6-16(13)24-17)11-26-12-23-21-20(22(26)28)14-5-3-7-18(14)29-21/h1-2,4,6,12,24H,3,5,7-11H2. The van der Waals surface area contributed by atoms with Crippen molar-refractivity contribution in [3.05, 3.63) is 62.6 Å². The lowest BCUT2D eigenvalue weighted by molar-refractivity contribution is -0.132. The number of carbonyl (C=O) groups is 1. The van der Waals surface area contributed by atoms with Crippen LogP contribution in [0.3, 0.4) is 0 Å². The molecule has 0 bridgehead atoms. The summed E-state index contributed by atoms with van der Waals surface area (Å²) in [4.78, 5) is 38.0. The number of nitrogens with one attached hydrogen (secondary N) is 1. The number of aryl methyl sites for hydroxylation is 2. The van der Waals surface area contributed by atoms with E-state index in [0.29, 0.717) is 13.1 Å². The summed E-state index contributed by atoms with van der Waals surface area (Å²) >= 11 is 1.63. The molecule has 29 heavy (non-hydrogen) atoms. The summed E-state index contributed by atoms with van der Waals surface area (Å²) in [6.45, 7) is 1.29. The number of benzene rings is 1. The number of para-hydroxylation sites is 1. The van der Waals surface area contributed by atoms with Crippen LogP contribution in [-0.4, -0.2) is 31.9 Å². The van der Waals surface area contributed by atoms with E-state index in [1.54, 1.807) is 11.3 Å². The Morgan fingerprint density at radius 2 is 2.07 bits per heavy atom. The number of carbonyl (C=O) groups excluding carboxylic acids is 1. The van der Waals surface area contributed by atoms with Gasteiger partial charge >= 0.3 is 0 Å².